The summed E-state index contributed by atoms with van der Waals surface area (Å²) in [7, 11) is -3.65. The molecule has 0 saturated heterocycles. The molecule has 1 aromatic carbocycles. The molecule has 100 valence electrons. The molecule has 18 heavy (non-hydrogen) atoms. The summed E-state index contributed by atoms with van der Waals surface area (Å²) in [6, 6.07) is 4.68. The van der Waals surface area contributed by atoms with Gasteiger partial charge in [-0.3, -0.25) is 0 Å². The first-order chi connectivity index (χ1) is 8.45. The van der Waals surface area contributed by atoms with Crippen LogP contribution in [-0.2, 0) is 10.0 Å². The van der Waals surface area contributed by atoms with Gasteiger partial charge in [0.05, 0.1) is 5.02 Å². The fraction of sp³-hybridized carbons (Fsp3) is 0.455. The molecule has 1 aliphatic rings. The monoisotopic (exact) mass is 352 g/mol. The van der Waals surface area contributed by atoms with Gasteiger partial charge in [-0.05, 0) is 46.8 Å². The Hall–Kier alpha value is -0.140. The van der Waals surface area contributed by atoms with Gasteiger partial charge in [0.2, 0.25) is 10.0 Å². The third-order valence-corrected chi connectivity index (χ3v) is 5.88. The quantitative estimate of drug-likeness (QED) is 0.851. The minimum Gasteiger partial charge on any atom is -0.329 e. The molecule has 0 amide bonds. The molecule has 0 aliphatic heterocycles. The number of benzene rings is 1. The van der Waals surface area contributed by atoms with Crippen LogP contribution in [0.1, 0.15) is 12.8 Å². The van der Waals surface area contributed by atoms with Gasteiger partial charge in [-0.25, -0.2) is 13.1 Å². The first kappa shape index (κ1) is 14.3. The Morgan fingerprint density at radius 3 is 2.67 bits per heavy atom. The lowest BCUT2D eigenvalue weighted by atomic mass is 10.2. The van der Waals surface area contributed by atoms with Crippen molar-refractivity contribution in [1.82, 2.24) is 4.72 Å². The van der Waals surface area contributed by atoms with Crippen molar-refractivity contribution in [2.24, 2.45) is 11.7 Å². The molecular weight excluding hydrogens is 340 g/mol. The highest BCUT2D eigenvalue weighted by atomic mass is 79.9. The van der Waals surface area contributed by atoms with Gasteiger partial charge in [-0.2, -0.15) is 0 Å². The van der Waals surface area contributed by atoms with Crippen molar-refractivity contribution < 1.29 is 8.42 Å². The van der Waals surface area contributed by atoms with E-state index in [0.717, 1.165) is 12.8 Å². The molecule has 1 aliphatic carbocycles. The summed E-state index contributed by atoms with van der Waals surface area (Å²) < 4.78 is 27.7. The summed E-state index contributed by atoms with van der Waals surface area (Å²) in [6.07, 6.45) is 2.04. The van der Waals surface area contributed by atoms with Crippen LogP contribution in [0.3, 0.4) is 0 Å². The van der Waals surface area contributed by atoms with Crippen LogP contribution in [0.15, 0.2) is 27.6 Å². The predicted octanol–water partition coefficient (Wildman–Crippen LogP) is 2.12. The third kappa shape index (κ3) is 3.05. The first-order valence-corrected chi connectivity index (χ1v) is 8.27. The Labute approximate surface area is 120 Å². The molecule has 1 saturated carbocycles. The fourth-order valence-electron chi connectivity index (χ4n) is 1.83. The van der Waals surface area contributed by atoms with Crippen molar-refractivity contribution >= 4 is 37.6 Å². The highest BCUT2D eigenvalue weighted by Gasteiger charge is 2.34. The van der Waals surface area contributed by atoms with Crippen LogP contribution in [-0.4, -0.2) is 21.0 Å². The van der Waals surface area contributed by atoms with E-state index in [2.05, 4.69) is 20.7 Å². The summed E-state index contributed by atoms with van der Waals surface area (Å²) in [6.45, 7) is 0.298. The van der Waals surface area contributed by atoms with Gasteiger partial charge < -0.3 is 5.73 Å². The molecule has 0 spiro atoms. The molecule has 1 fully saturated rings. The van der Waals surface area contributed by atoms with E-state index in [1.165, 1.54) is 0 Å². The smallest absolute Gasteiger partial charge is 0.243 e. The minimum absolute atomic E-state index is 0.0748. The fourth-order valence-corrected chi connectivity index (χ4v) is 4.89. The van der Waals surface area contributed by atoms with Crippen LogP contribution in [0.5, 0.6) is 0 Å². The molecule has 1 unspecified atom stereocenters. The first-order valence-electron chi connectivity index (χ1n) is 5.62. The van der Waals surface area contributed by atoms with E-state index in [4.69, 9.17) is 17.3 Å². The molecule has 0 heterocycles. The number of hydrogen-bond donors (Lipinski definition) is 2. The number of halogens is 2. The third-order valence-electron chi connectivity index (χ3n) is 2.94. The highest BCUT2D eigenvalue weighted by molar-refractivity contribution is 9.10. The summed E-state index contributed by atoms with van der Waals surface area (Å²) in [5.41, 5.74) is 5.60. The largest absolute Gasteiger partial charge is 0.329 e. The second-order valence-electron chi connectivity index (χ2n) is 4.35. The zero-order valence-corrected chi connectivity index (χ0v) is 12.7. The lowest BCUT2D eigenvalue weighted by Gasteiger charge is -2.17. The van der Waals surface area contributed by atoms with Crippen molar-refractivity contribution in [2.75, 3.05) is 6.54 Å². The second kappa shape index (κ2) is 5.46. The number of rotatable bonds is 5. The van der Waals surface area contributed by atoms with Gasteiger partial charge >= 0.3 is 0 Å². The maximum Gasteiger partial charge on any atom is 0.243 e. The zero-order chi connectivity index (χ0) is 13.3. The van der Waals surface area contributed by atoms with E-state index in [1.807, 2.05) is 0 Å². The van der Waals surface area contributed by atoms with Gasteiger partial charge in [-0.15, -0.1) is 0 Å². The van der Waals surface area contributed by atoms with Gasteiger partial charge in [0.25, 0.3) is 0 Å². The average Bonchev–Trinajstić information content (AvgIpc) is 3.09. The molecule has 0 bridgehead atoms. The molecule has 2 rings (SSSR count). The Bertz CT molecular complexity index is 526. The van der Waals surface area contributed by atoms with Crippen LogP contribution >= 0.6 is 27.5 Å². The molecule has 3 N–H and O–H groups in total. The maximum atomic E-state index is 12.3. The Morgan fingerprint density at radius 1 is 1.50 bits per heavy atom. The molecule has 0 aromatic heterocycles. The molecule has 1 atom stereocenters. The van der Waals surface area contributed by atoms with Crippen LogP contribution in [0.4, 0.5) is 0 Å². The van der Waals surface area contributed by atoms with Crippen molar-refractivity contribution in [3.63, 3.8) is 0 Å². The maximum absolute atomic E-state index is 12.3. The number of nitrogens with two attached hydrogens (primary N) is 1. The molecule has 7 heteroatoms. The molecule has 4 nitrogen and oxygen atoms in total. The topological polar surface area (TPSA) is 72.2 Å². The second-order valence-corrected chi connectivity index (χ2v) is 7.26. The molecule has 0 radical (unpaired) electrons. The summed E-state index contributed by atoms with van der Waals surface area (Å²) in [5.74, 6) is 0.353. The van der Waals surface area contributed by atoms with Gasteiger partial charge in [0.1, 0.15) is 4.90 Å². The molecule has 1 aromatic rings. The summed E-state index contributed by atoms with van der Waals surface area (Å²) in [4.78, 5) is 0.0748. The van der Waals surface area contributed by atoms with E-state index < -0.39 is 10.0 Å². The standard InChI is InChI=1S/C11H14BrClN2O2S/c12-8-2-1-3-9(13)11(8)18(16,17)15-10(6-14)7-4-5-7/h1-3,7,10,15H,4-6,14H2. The van der Waals surface area contributed by atoms with Crippen LogP contribution in [0.25, 0.3) is 0 Å². The lowest BCUT2D eigenvalue weighted by molar-refractivity contribution is 0.519. The van der Waals surface area contributed by atoms with Crippen molar-refractivity contribution in [3.8, 4) is 0 Å². The van der Waals surface area contributed by atoms with Crippen LogP contribution in [0, 0.1) is 5.92 Å². The van der Waals surface area contributed by atoms with E-state index in [0.29, 0.717) is 16.9 Å². The van der Waals surface area contributed by atoms with Crippen molar-refractivity contribution in [3.05, 3.63) is 27.7 Å². The van der Waals surface area contributed by atoms with Crippen LogP contribution < -0.4 is 10.5 Å². The Balaban J connectivity index is 2.30. The Morgan fingerprint density at radius 2 is 2.17 bits per heavy atom. The van der Waals surface area contributed by atoms with Gasteiger partial charge in [-0.1, -0.05) is 17.7 Å². The SMILES string of the molecule is NCC(NS(=O)(=O)c1c(Cl)cccc1Br)C1CC1. The number of hydrogen-bond acceptors (Lipinski definition) is 3. The minimum atomic E-state index is -3.65. The average molecular weight is 354 g/mol. The predicted molar refractivity (Wildman–Crippen MR) is 75.0 cm³/mol. The summed E-state index contributed by atoms with van der Waals surface area (Å²) >= 11 is 9.17. The number of sulfonamides is 1. The lowest BCUT2D eigenvalue weighted by Crippen LogP contribution is -2.41. The van der Waals surface area contributed by atoms with E-state index in [1.54, 1.807) is 18.2 Å². The van der Waals surface area contributed by atoms with Gasteiger partial charge in [0, 0.05) is 17.1 Å². The van der Waals surface area contributed by atoms with E-state index >= 15 is 0 Å². The van der Waals surface area contributed by atoms with E-state index in [-0.39, 0.29) is 16.0 Å². The van der Waals surface area contributed by atoms with Crippen LogP contribution in [0.2, 0.25) is 5.02 Å². The van der Waals surface area contributed by atoms with E-state index in [9.17, 15) is 8.42 Å². The molecular formula is C11H14BrClN2O2S. The zero-order valence-electron chi connectivity index (χ0n) is 9.57. The van der Waals surface area contributed by atoms with Crippen molar-refractivity contribution in [2.45, 2.75) is 23.8 Å². The van der Waals surface area contributed by atoms with Gasteiger partial charge in [0.15, 0.2) is 0 Å². The normalized spacial score (nSPS) is 17.7. The van der Waals surface area contributed by atoms with Crippen molar-refractivity contribution in [1.29, 1.82) is 0 Å². The summed E-state index contributed by atoms with van der Waals surface area (Å²) in [5, 5.41) is 0.198. The Kier molecular flexibility index (Phi) is 4.33. The highest BCUT2D eigenvalue weighted by Crippen LogP contribution is 2.34. The number of nitrogens with one attached hydrogen (secondary N) is 1.